The smallest absolute Gasteiger partial charge is 0.318 e. The zero-order valence-electron chi connectivity index (χ0n) is 23.5. The second-order valence-electron chi connectivity index (χ2n) is 11.7. The monoisotopic (exact) mass is 580 g/mol. The van der Waals surface area contributed by atoms with E-state index in [0.29, 0.717) is 23.7 Å². The molecule has 5 rings (SSSR count). The van der Waals surface area contributed by atoms with Crippen LogP contribution in [0.5, 0.6) is 0 Å². The van der Waals surface area contributed by atoms with Crippen LogP contribution in [0.3, 0.4) is 0 Å². The predicted molar refractivity (Wildman–Crippen MR) is 164 cm³/mol. The summed E-state index contributed by atoms with van der Waals surface area (Å²) in [6.45, 7) is 9.60. The number of ketones is 1. The summed E-state index contributed by atoms with van der Waals surface area (Å²) in [4.78, 5) is 37.0. The summed E-state index contributed by atoms with van der Waals surface area (Å²) in [5, 5.41) is 15.0. The van der Waals surface area contributed by atoms with Gasteiger partial charge in [-0.05, 0) is 71.8 Å². The molecule has 0 saturated carbocycles. The average Bonchev–Trinajstić information content (AvgIpc) is 3.04. The van der Waals surface area contributed by atoms with Gasteiger partial charge in [0.1, 0.15) is 11.2 Å². The van der Waals surface area contributed by atoms with Crippen molar-refractivity contribution >= 4 is 57.5 Å². The number of fused-ring (bicyclic) bond motifs is 2. The number of nitrogens with one attached hydrogen (secondary N) is 1. The first-order valence-electron chi connectivity index (χ1n) is 13.6. The van der Waals surface area contributed by atoms with E-state index in [-0.39, 0.29) is 28.9 Å². The number of carboxylic acids is 1. The Labute approximate surface area is 245 Å². The molecule has 3 aromatic rings. The molecule has 0 bridgehead atoms. The fourth-order valence-corrected chi connectivity index (χ4v) is 6.76. The Balaban J connectivity index is 0.000000259. The number of thioether (sulfide) groups is 1. The zero-order chi connectivity index (χ0) is 29.1. The van der Waals surface area contributed by atoms with Crippen molar-refractivity contribution in [3.05, 3.63) is 76.8 Å². The number of nitrogens with zero attached hydrogens (tertiary/aromatic N) is 1. The van der Waals surface area contributed by atoms with Crippen LogP contribution >= 0.6 is 23.4 Å². The number of rotatable bonds is 4. The topological polar surface area (TPSA) is 86.7 Å². The zero-order valence-corrected chi connectivity index (χ0v) is 25.1. The number of amides is 1. The van der Waals surface area contributed by atoms with Gasteiger partial charge in [0.05, 0.1) is 11.0 Å². The van der Waals surface area contributed by atoms with Gasteiger partial charge in [0.25, 0.3) is 0 Å². The SMILES string of the molecule is CC(=O)C1(C(=O)O)CCCNC1.CC(C)(C)CN1C(=O)CSC(c2cccc3ccccc23)c2cc(Cl)ccc21. The van der Waals surface area contributed by atoms with E-state index in [0.717, 1.165) is 24.2 Å². The Morgan fingerprint density at radius 1 is 1.10 bits per heavy atom. The molecule has 40 heavy (non-hydrogen) atoms. The van der Waals surface area contributed by atoms with E-state index in [4.69, 9.17) is 16.7 Å². The van der Waals surface area contributed by atoms with Crippen LogP contribution in [0.2, 0.25) is 5.02 Å². The van der Waals surface area contributed by atoms with Crippen molar-refractivity contribution in [3.8, 4) is 0 Å². The molecule has 2 aliphatic heterocycles. The normalized spacial score (nSPS) is 21.2. The number of anilines is 1. The summed E-state index contributed by atoms with van der Waals surface area (Å²) in [7, 11) is 0. The van der Waals surface area contributed by atoms with Crippen LogP contribution in [-0.4, -0.2) is 48.2 Å². The fourth-order valence-electron chi connectivity index (χ4n) is 5.36. The van der Waals surface area contributed by atoms with Crippen molar-refractivity contribution in [3.63, 3.8) is 0 Å². The molecule has 0 aromatic heterocycles. The van der Waals surface area contributed by atoms with E-state index >= 15 is 0 Å². The average molecular weight is 581 g/mol. The van der Waals surface area contributed by atoms with Crippen LogP contribution in [0, 0.1) is 10.8 Å². The molecule has 2 aliphatic rings. The van der Waals surface area contributed by atoms with Gasteiger partial charge in [-0.3, -0.25) is 14.4 Å². The minimum absolute atomic E-state index is 0.0104. The van der Waals surface area contributed by atoms with Gasteiger partial charge in [-0.1, -0.05) is 74.8 Å². The molecule has 6 nitrogen and oxygen atoms in total. The Hall–Kier alpha value is -2.87. The summed E-state index contributed by atoms with van der Waals surface area (Å²) in [6.07, 6.45) is 1.22. The van der Waals surface area contributed by atoms with E-state index in [9.17, 15) is 14.4 Å². The van der Waals surface area contributed by atoms with Crippen LogP contribution < -0.4 is 10.2 Å². The van der Waals surface area contributed by atoms with Crippen LogP contribution in [0.1, 0.15) is 56.9 Å². The molecule has 2 unspecified atom stereocenters. The Kier molecular flexibility index (Phi) is 9.28. The van der Waals surface area contributed by atoms with Crippen LogP contribution in [0.15, 0.2) is 60.7 Å². The lowest BCUT2D eigenvalue weighted by molar-refractivity contribution is -0.155. The van der Waals surface area contributed by atoms with Gasteiger partial charge < -0.3 is 15.3 Å². The van der Waals surface area contributed by atoms with Gasteiger partial charge in [-0.15, -0.1) is 11.8 Å². The van der Waals surface area contributed by atoms with Gasteiger partial charge in [-0.25, -0.2) is 0 Å². The maximum absolute atomic E-state index is 13.1. The molecule has 2 atom stereocenters. The summed E-state index contributed by atoms with van der Waals surface area (Å²) in [6, 6.07) is 20.8. The summed E-state index contributed by atoms with van der Waals surface area (Å²) in [5.74, 6) is -0.633. The quantitative estimate of drug-likeness (QED) is 0.332. The van der Waals surface area contributed by atoms with Crippen molar-refractivity contribution < 1.29 is 19.5 Å². The number of carboxylic acid groups (broad SMARTS) is 1. The molecule has 212 valence electrons. The lowest BCUT2D eigenvalue weighted by Crippen LogP contribution is -2.49. The molecule has 0 spiro atoms. The van der Waals surface area contributed by atoms with Gasteiger partial charge in [0.2, 0.25) is 5.91 Å². The number of halogens is 1. The third-order valence-electron chi connectivity index (χ3n) is 7.44. The Morgan fingerprint density at radius 3 is 2.45 bits per heavy atom. The second kappa shape index (κ2) is 12.3. The number of carbonyl (C=O) groups excluding carboxylic acids is 2. The first kappa shape index (κ1) is 30.1. The van der Waals surface area contributed by atoms with Crippen molar-refractivity contribution in [2.24, 2.45) is 10.8 Å². The molecule has 3 aromatic carbocycles. The molecule has 0 radical (unpaired) electrons. The largest absolute Gasteiger partial charge is 0.480 e. The number of piperidine rings is 1. The number of Topliss-reactive ketones (excluding diaryl/α,β-unsaturated/α-hetero) is 1. The highest BCUT2D eigenvalue weighted by Gasteiger charge is 2.44. The molecule has 1 amide bonds. The van der Waals surface area contributed by atoms with Crippen molar-refractivity contribution in [1.29, 1.82) is 0 Å². The number of aliphatic carboxylic acids is 1. The van der Waals surface area contributed by atoms with Gasteiger partial charge in [0.15, 0.2) is 0 Å². The van der Waals surface area contributed by atoms with E-state index in [2.05, 4.69) is 68.6 Å². The Bertz CT molecular complexity index is 1390. The summed E-state index contributed by atoms with van der Waals surface area (Å²) >= 11 is 8.10. The molecular weight excluding hydrogens is 544 g/mol. The predicted octanol–water partition coefficient (Wildman–Crippen LogP) is 6.74. The number of hydrogen-bond donors (Lipinski definition) is 2. The number of carbonyl (C=O) groups is 3. The first-order chi connectivity index (χ1) is 18.9. The van der Waals surface area contributed by atoms with Crippen molar-refractivity contribution in [1.82, 2.24) is 5.32 Å². The van der Waals surface area contributed by atoms with Crippen molar-refractivity contribution in [2.75, 3.05) is 30.3 Å². The molecular formula is C32H37ClN2O4S. The summed E-state index contributed by atoms with van der Waals surface area (Å²) < 4.78 is 0. The Morgan fingerprint density at radius 2 is 1.82 bits per heavy atom. The fraction of sp³-hybridized carbons (Fsp3) is 0.406. The van der Waals surface area contributed by atoms with Gasteiger partial charge in [-0.2, -0.15) is 0 Å². The van der Waals surface area contributed by atoms with Crippen LogP contribution in [0.4, 0.5) is 5.69 Å². The lowest BCUT2D eigenvalue weighted by Gasteiger charge is -2.30. The van der Waals surface area contributed by atoms with Gasteiger partial charge in [0, 0.05) is 23.8 Å². The third-order valence-corrected chi connectivity index (χ3v) is 8.93. The van der Waals surface area contributed by atoms with Gasteiger partial charge >= 0.3 is 5.97 Å². The number of hydrogen-bond acceptors (Lipinski definition) is 5. The second-order valence-corrected chi connectivity index (χ2v) is 13.3. The molecule has 8 heteroatoms. The third kappa shape index (κ3) is 6.54. The highest BCUT2D eigenvalue weighted by molar-refractivity contribution is 8.00. The maximum Gasteiger partial charge on any atom is 0.318 e. The molecule has 2 heterocycles. The van der Waals surface area contributed by atoms with Crippen LogP contribution in [0.25, 0.3) is 10.8 Å². The van der Waals surface area contributed by atoms with Crippen molar-refractivity contribution in [2.45, 2.75) is 45.8 Å². The van der Waals surface area contributed by atoms with E-state index in [1.165, 1.54) is 23.3 Å². The molecule has 1 saturated heterocycles. The lowest BCUT2D eigenvalue weighted by atomic mass is 9.77. The molecule has 1 fully saturated rings. The molecule has 2 N–H and O–H groups in total. The van der Waals surface area contributed by atoms with E-state index in [1.807, 2.05) is 23.1 Å². The minimum atomic E-state index is -1.15. The standard InChI is InChI=1S/C24H24ClNOS.C8H13NO3/c1-24(2,3)15-26-21-12-11-17(25)13-20(21)23(28-14-22(26)27)19-10-6-8-16-7-4-5-9-18(16)19;1-6(10)8(7(11)12)3-2-4-9-5-8/h4-13,23H,14-15H2,1-3H3;9H,2-5H2,1H3,(H,11,12). The van der Waals surface area contributed by atoms with E-state index in [1.54, 1.807) is 11.8 Å². The van der Waals surface area contributed by atoms with E-state index < -0.39 is 11.4 Å². The minimum Gasteiger partial charge on any atom is -0.480 e. The number of benzene rings is 3. The summed E-state index contributed by atoms with van der Waals surface area (Å²) in [5.41, 5.74) is 2.18. The molecule has 0 aliphatic carbocycles. The first-order valence-corrected chi connectivity index (χ1v) is 15.0. The maximum atomic E-state index is 13.1. The highest BCUT2D eigenvalue weighted by atomic mass is 35.5. The highest BCUT2D eigenvalue weighted by Crippen LogP contribution is 2.46. The van der Waals surface area contributed by atoms with Crippen LogP contribution in [-0.2, 0) is 14.4 Å².